The van der Waals surface area contributed by atoms with Crippen molar-refractivity contribution >= 4 is 0 Å². The Hall–Kier alpha value is -0.240. The maximum Gasteiger partial charge on any atom is 0.115 e. The standard InChI is InChI=1S/C29H58O6/c1-6-11-12-13-14-15-16-17-18-19-21-33-29(10-5,20-7-2)28-26(32)25(31)27(24(22-30)35-28)34-23(8-3)9-4/h23-28,30-32H,6-22H2,1-5H3/t24?,25-,26-,27-,28?,29?/m1/s1. The fraction of sp³-hybridized carbons (Fsp3) is 1.00. The van der Waals surface area contributed by atoms with Crippen LogP contribution in [0, 0.1) is 0 Å². The zero-order valence-electron chi connectivity index (χ0n) is 23.6. The largest absolute Gasteiger partial charge is 0.394 e. The Morgan fingerprint density at radius 2 is 1.34 bits per heavy atom. The molecule has 1 fully saturated rings. The van der Waals surface area contributed by atoms with E-state index in [9.17, 15) is 15.3 Å². The third kappa shape index (κ3) is 10.6. The predicted molar refractivity (Wildman–Crippen MR) is 143 cm³/mol. The first-order valence-corrected chi connectivity index (χ1v) is 14.9. The van der Waals surface area contributed by atoms with Crippen LogP contribution in [0.15, 0.2) is 0 Å². The van der Waals surface area contributed by atoms with Crippen LogP contribution in [-0.2, 0) is 14.2 Å². The number of unbranched alkanes of at least 4 members (excludes halogenated alkanes) is 9. The number of hydrogen-bond donors (Lipinski definition) is 3. The molecule has 0 bridgehead atoms. The van der Waals surface area contributed by atoms with E-state index in [4.69, 9.17) is 14.2 Å². The Morgan fingerprint density at radius 1 is 0.771 bits per heavy atom. The fourth-order valence-electron chi connectivity index (χ4n) is 5.46. The monoisotopic (exact) mass is 502 g/mol. The van der Waals surface area contributed by atoms with Crippen LogP contribution in [0.1, 0.15) is 131 Å². The lowest BCUT2D eigenvalue weighted by Gasteiger charge is -2.50. The van der Waals surface area contributed by atoms with E-state index in [1.54, 1.807) is 0 Å². The average Bonchev–Trinajstić information content (AvgIpc) is 2.87. The van der Waals surface area contributed by atoms with Gasteiger partial charge in [-0.05, 0) is 32.1 Å². The summed E-state index contributed by atoms with van der Waals surface area (Å²) in [6.07, 6.45) is 12.1. The number of aliphatic hydroxyl groups is 3. The summed E-state index contributed by atoms with van der Waals surface area (Å²) >= 11 is 0. The van der Waals surface area contributed by atoms with Gasteiger partial charge in [-0.25, -0.2) is 0 Å². The normalized spacial score (nSPS) is 26.8. The van der Waals surface area contributed by atoms with Gasteiger partial charge in [0.15, 0.2) is 0 Å². The Morgan fingerprint density at radius 3 is 1.83 bits per heavy atom. The molecule has 0 aromatic carbocycles. The molecule has 1 aliphatic heterocycles. The van der Waals surface area contributed by atoms with Crippen molar-refractivity contribution in [2.45, 2.75) is 173 Å². The van der Waals surface area contributed by atoms with Crippen molar-refractivity contribution in [3.8, 4) is 0 Å². The first-order valence-electron chi connectivity index (χ1n) is 14.9. The van der Waals surface area contributed by atoms with Crippen LogP contribution in [0.25, 0.3) is 0 Å². The lowest BCUT2D eigenvalue weighted by molar-refractivity contribution is -0.293. The number of ether oxygens (including phenoxy) is 3. The molecule has 6 heteroatoms. The second kappa shape index (κ2) is 18.9. The quantitative estimate of drug-likeness (QED) is 0.169. The van der Waals surface area contributed by atoms with Crippen molar-refractivity contribution in [2.75, 3.05) is 13.2 Å². The van der Waals surface area contributed by atoms with Crippen LogP contribution in [0.5, 0.6) is 0 Å². The van der Waals surface area contributed by atoms with Crippen molar-refractivity contribution in [3.63, 3.8) is 0 Å². The summed E-state index contributed by atoms with van der Waals surface area (Å²) in [4.78, 5) is 0. The third-order valence-electron chi connectivity index (χ3n) is 7.80. The van der Waals surface area contributed by atoms with E-state index in [0.29, 0.717) is 13.0 Å². The Kier molecular flexibility index (Phi) is 17.7. The first-order chi connectivity index (χ1) is 16.9. The molecular weight excluding hydrogens is 444 g/mol. The van der Waals surface area contributed by atoms with Crippen LogP contribution < -0.4 is 0 Å². The van der Waals surface area contributed by atoms with E-state index in [0.717, 1.165) is 38.5 Å². The molecular formula is C29H58O6. The molecule has 0 aromatic rings. The summed E-state index contributed by atoms with van der Waals surface area (Å²) in [6, 6.07) is 0. The lowest BCUT2D eigenvalue weighted by atomic mass is 9.80. The van der Waals surface area contributed by atoms with Gasteiger partial charge in [0.2, 0.25) is 0 Å². The zero-order valence-corrected chi connectivity index (χ0v) is 23.6. The maximum atomic E-state index is 11.1. The van der Waals surface area contributed by atoms with E-state index >= 15 is 0 Å². The number of hydrogen-bond acceptors (Lipinski definition) is 6. The molecule has 35 heavy (non-hydrogen) atoms. The van der Waals surface area contributed by atoms with Gasteiger partial charge in [0, 0.05) is 6.61 Å². The molecule has 3 unspecified atom stereocenters. The van der Waals surface area contributed by atoms with Gasteiger partial charge in [0.25, 0.3) is 0 Å². The first kappa shape index (κ1) is 32.8. The van der Waals surface area contributed by atoms with Crippen LogP contribution in [0.4, 0.5) is 0 Å². The van der Waals surface area contributed by atoms with Gasteiger partial charge in [-0.3, -0.25) is 0 Å². The molecule has 3 N–H and O–H groups in total. The topological polar surface area (TPSA) is 88.4 Å². The molecule has 0 aliphatic carbocycles. The van der Waals surface area contributed by atoms with Gasteiger partial charge in [-0.1, -0.05) is 98.8 Å². The molecule has 1 saturated heterocycles. The highest BCUT2D eigenvalue weighted by molar-refractivity contribution is 5.02. The van der Waals surface area contributed by atoms with Crippen LogP contribution >= 0.6 is 0 Å². The SMILES string of the molecule is CCCCCCCCCCCCOC(CC)(CCC)C1OC(CO)[C@@H](OC(CC)CC)[C@H](O)[C@H]1O. The van der Waals surface area contributed by atoms with Crippen LogP contribution in [0.3, 0.4) is 0 Å². The molecule has 210 valence electrons. The van der Waals surface area contributed by atoms with E-state index < -0.39 is 36.1 Å². The maximum absolute atomic E-state index is 11.1. The van der Waals surface area contributed by atoms with Gasteiger partial charge >= 0.3 is 0 Å². The second-order valence-corrected chi connectivity index (χ2v) is 10.5. The summed E-state index contributed by atoms with van der Waals surface area (Å²) < 4.78 is 18.8. The predicted octanol–water partition coefficient (Wildman–Crippen LogP) is 5.93. The smallest absolute Gasteiger partial charge is 0.115 e. The summed E-state index contributed by atoms with van der Waals surface area (Å²) in [7, 11) is 0. The van der Waals surface area contributed by atoms with Gasteiger partial charge in [0.1, 0.15) is 30.5 Å². The number of rotatable bonds is 21. The number of aliphatic hydroxyl groups excluding tert-OH is 3. The van der Waals surface area contributed by atoms with Gasteiger partial charge in [0.05, 0.1) is 18.3 Å². The van der Waals surface area contributed by atoms with Gasteiger partial charge < -0.3 is 29.5 Å². The Bertz CT molecular complexity index is 498. The molecule has 0 amide bonds. The van der Waals surface area contributed by atoms with Gasteiger partial charge in [-0.2, -0.15) is 0 Å². The highest BCUT2D eigenvalue weighted by Crippen LogP contribution is 2.37. The molecule has 0 spiro atoms. The molecule has 6 atom stereocenters. The average molecular weight is 503 g/mol. The summed E-state index contributed by atoms with van der Waals surface area (Å²) in [6.45, 7) is 10.8. The minimum atomic E-state index is -1.13. The van der Waals surface area contributed by atoms with E-state index in [1.807, 2.05) is 13.8 Å². The Labute approximate surface area is 216 Å². The summed E-state index contributed by atoms with van der Waals surface area (Å²) in [5.41, 5.74) is -0.693. The van der Waals surface area contributed by atoms with Crippen molar-refractivity contribution < 1.29 is 29.5 Å². The summed E-state index contributed by atoms with van der Waals surface area (Å²) in [5, 5.41) is 32.2. The second-order valence-electron chi connectivity index (χ2n) is 10.5. The van der Waals surface area contributed by atoms with E-state index in [2.05, 4.69) is 20.8 Å². The van der Waals surface area contributed by atoms with Crippen LogP contribution in [-0.4, -0.2) is 70.8 Å². The lowest BCUT2D eigenvalue weighted by Crippen LogP contribution is -2.66. The molecule has 1 rings (SSSR count). The molecule has 6 nitrogen and oxygen atoms in total. The zero-order chi connectivity index (χ0) is 26.1. The van der Waals surface area contributed by atoms with E-state index in [-0.39, 0.29) is 12.7 Å². The minimum Gasteiger partial charge on any atom is -0.394 e. The van der Waals surface area contributed by atoms with Crippen molar-refractivity contribution in [1.29, 1.82) is 0 Å². The molecule has 1 heterocycles. The Balaban J connectivity index is 2.65. The molecule has 0 radical (unpaired) electrons. The molecule has 1 aliphatic rings. The highest BCUT2D eigenvalue weighted by atomic mass is 16.6. The van der Waals surface area contributed by atoms with Crippen LogP contribution in [0.2, 0.25) is 0 Å². The van der Waals surface area contributed by atoms with E-state index in [1.165, 1.54) is 51.4 Å². The highest BCUT2D eigenvalue weighted by Gasteiger charge is 2.53. The van der Waals surface area contributed by atoms with Crippen molar-refractivity contribution in [2.24, 2.45) is 0 Å². The minimum absolute atomic E-state index is 0.0461. The van der Waals surface area contributed by atoms with Crippen molar-refractivity contribution in [3.05, 3.63) is 0 Å². The van der Waals surface area contributed by atoms with Gasteiger partial charge in [-0.15, -0.1) is 0 Å². The van der Waals surface area contributed by atoms with Crippen molar-refractivity contribution in [1.82, 2.24) is 0 Å². The summed E-state index contributed by atoms with van der Waals surface area (Å²) in [5.74, 6) is 0. The molecule has 0 saturated carbocycles. The molecule has 0 aromatic heterocycles. The third-order valence-corrected chi connectivity index (χ3v) is 7.80. The fourth-order valence-corrected chi connectivity index (χ4v) is 5.46.